The quantitative estimate of drug-likeness (QED) is 0.765. The summed E-state index contributed by atoms with van der Waals surface area (Å²) in [6.07, 6.45) is -0.256. The fraction of sp³-hybridized carbons (Fsp3) is 0.476. The van der Waals surface area contributed by atoms with Gasteiger partial charge >= 0.3 is 6.03 Å². The Morgan fingerprint density at radius 2 is 1.90 bits per heavy atom. The molecule has 0 aliphatic carbocycles. The number of urea groups is 1. The maximum atomic E-state index is 13.3. The summed E-state index contributed by atoms with van der Waals surface area (Å²) in [5, 5.41) is 9.16. The average molecular weight is 413 g/mol. The molecule has 1 aromatic rings. The van der Waals surface area contributed by atoms with Gasteiger partial charge in [-0.2, -0.15) is 0 Å². The van der Waals surface area contributed by atoms with E-state index in [1.165, 1.54) is 9.80 Å². The fourth-order valence-electron chi connectivity index (χ4n) is 4.26. The molecule has 0 saturated carbocycles. The number of rotatable bonds is 6. The number of fused-ring (bicyclic) bond motifs is 3. The molecule has 0 radical (unpaired) electrons. The molecule has 1 aromatic carbocycles. The first-order chi connectivity index (χ1) is 14.4. The minimum absolute atomic E-state index is 0.0830. The summed E-state index contributed by atoms with van der Waals surface area (Å²) >= 11 is 0. The number of carbonyl (C=O) groups excluding carboxylic acids is 2. The number of hydrogen-bond acceptors (Lipinski definition) is 7. The van der Waals surface area contributed by atoms with Gasteiger partial charge in [0.2, 0.25) is 5.96 Å². The number of allylic oxidation sites excluding steroid dienone is 2. The second-order valence-electron chi connectivity index (χ2n) is 7.53. The number of carbonyl (C=O) groups is 2. The van der Waals surface area contributed by atoms with Crippen LogP contribution < -0.4 is 9.64 Å². The highest BCUT2D eigenvalue weighted by atomic mass is 16.5. The number of ether oxygens (including phenoxy) is 1. The highest BCUT2D eigenvalue weighted by molar-refractivity contribution is 6.11. The van der Waals surface area contributed by atoms with E-state index in [-0.39, 0.29) is 25.1 Å². The number of hydrogen-bond donors (Lipinski definition) is 1. The van der Waals surface area contributed by atoms with E-state index < -0.39 is 12.2 Å². The highest BCUT2D eigenvalue weighted by Crippen LogP contribution is 2.42. The zero-order valence-corrected chi connectivity index (χ0v) is 17.7. The van der Waals surface area contributed by atoms with Gasteiger partial charge < -0.3 is 14.7 Å². The van der Waals surface area contributed by atoms with Gasteiger partial charge in [-0.25, -0.2) is 9.79 Å². The van der Waals surface area contributed by atoms with Crippen molar-refractivity contribution in [2.24, 2.45) is 4.99 Å². The SMILES string of the molecule is CCOc1ccccc1N1C2=NC3C(C(=O)N(CCCO)C(=O)N3C)N2C(C)=C1C. The zero-order valence-electron chi connectivity index (χ0n) is 17.7. The average Bonchev–Trinajstić information content (AvgIpc) is 3.23. The van der Waals surface area contributed by atoms with Crippen LogP contribution in [0.3, 0.4) is 0 Å². The maximum Gasteiger partial charge on any atom is 0.328 e. The number of aliphatic hydroxyl groups excluding tert-OH is 1. The van der Waals surface area contributed by atoms with E-state index in [1.54, 1.807) is 7.05 Å². The van der Waals surface area contributed by atoms with Crippen LogP contribution in [0.5, 0.6) is 5.75 Å². The molecular weight excluding hydrogens is 386 g/mol. The molecular formula is C21H27N5O4. The first kappa shape index (κ1) is 20.2. The molecule has 3 heterocycles. The number of amides is 3. The van der Waals surface area contributed by atoms with Crippen LogP contribution in [0.15, 0.2) is 40.7 Å². The summed E-state index contributed by atoms with van der Waals surface area (Å²) in [6, 6.07) is 6.70. The smallest absolute Gasteiger partial charge is 0.328 e. The number of imide groups is 1. The topological polar surface area (TPSA) is 88.9 Å². The fourth-order valence-corrected chi connectivity index (χ4v) is 4.26. The molecule has 2 atom stereocenters. The molecule has 3 aliphatic rings. The summed E-state index contributed by atoms with van der Waals surface area (Å²) in [5.41, 5.74) is 2.70. The van der Waals surface area contributed by atoms with Crippen molar-refractivity contribution in [1.82, 2.24) is 14.7 Å². The van der Waals surface area contributed by atoms with Gasteiger partial charge in [0.15, 0.2) is 12.2 Å². The lowest BCUT2D eigenvalue weighted by Gasteiger charge is -2.40. The van der Waals surface area contributed by atoms with E-state index in [0.717, 1.165) is 22.8 Å². The number of benzene rings is 1. The zero-order chi connectivity index (χ0) is 21.6. The largest absolute Gasteiger partial charge is 0.492 e. The van der Waals surface area contributed by atoms with Crippen molar-refractivity contribution in [3.05, 3.63) is 35.7 Å². The number of anilines is 1. The number of para-hydroxylation sites is 2. The van der Waals surface area contributed by atoms with Crippen LogP contribution in [-0.2, 0) is 4.79 Å². The Labute approximate surface area is 175 Å². The number of nitrogens with zero attached hydrogens (tertiary/aromatic N) is 5. The first-order valence-corrected chi connectivity index (χ1v) is 10.2. The lowest BCUT2D eigenvalue weighted by Crippen LogP contribution is -2.64. The van der Waals surface area contributed by atoms with Gasteiger partial charge in [0, 0.05) is 31.6 Å². The second-order valence-corrected chi connectivity index (χ2v) is 7.53. The Hall–Kier alpha value is -3.07. The van der Waals surface area contributed by atoms with Crippen molar-refractivity contribution in [1.29, 1.82) is 0 Å². The van der Waals surface area contributed by atoms with Gasteiger partial charge in [0.05, 0.1) is 12.3 Å². The van der Waals surface area contributed by atoms with Crippen LogP contribution in [0.2, 0.25) is 0 Å². The van der Waals surface area contributed by atoms with Crippen molar-refractivity contribution in [3.63, 3.8) is 0 Å². The number of aliphatic hydroxyl groups is 1. The minimum atomic E-state index is -0.624. The number of guanidine groups is 1. The third-order valence-corrected chi connectivity index (χ3v) is 5.84. The molecule has 1 N–H and O–H groups in total. The van der Waals surface area contributed by atoms with E-state index in [4.69, 9.17) is 14.8 Å². The normalized spacial score (nSPS) is 23.3. The van der Waals surface area contributed by atoms with Crippen LogP contribution in [0.25, 0.3) is 0 Å². The third-order valence-electron chi connectivity index (χ3n) is 5.84. The van der Waals surface area contributed by atoms with Crippen molar-refractivity contribution in [2.45, 2.75) is 39.4 Å². The van der Waals surface area contributed by atoms with E-state index in [2.05, 4.69) is 0 Å². The summed E-state index contributed by atoms with van der Waals surface area (Å²) in [4.78, 5) is 37.5. The maximum absolute atomic E-state index is 13.3. The minimum Gasteiger partial charge on any atom is -0.492 e. The molecule has 3 amide bonds. The molecule has 9 nitrogen and oxygen atoms in total. The van der Waals surface area contributed by atoms with Crippen LogP contribution in [0.1, 0.15) is 27.2 Å². The third kappa shape index (κ3) is 2.84. The lowest BCUT2D eigenvalue weighted by atomic mass is 10.1. The predicted octanol–water partition coefficient (Wildman–Crippen LogP) is 1.80. The van der Waals surface area contributed by atoms with Crippen LogP contribution >= 0.6 is 0 Å². The Bertz CT molecular complexity index is 943. The van der Waals surface area contributed by atoms with Crippen LogP contribution in [0.4, 0.5) is 10.5 Å². The highest BCUT2D eigenvalue weighted by Gasteiger charge is 2.55. The Kier molecular flexibility index (Phi) is 5.15. The molecule has 0 aromatic heterocycles. The summed E-state index contributed by atoms with van der Waals surface area (Å²) in [7, 11) is 1.66. The van der Waals surface area contributed by atoms with Crippen LogP contribution in [0, 0.1) is 0 Å². The van der Waals surface area contributed by atoms with Gasteiger partial charge in [-0.05, 0) is 39.3 Å². The number of likely N-dealkylation sites (N-methyl/N-ethyl adjacent to an activating group) is 1. The lowest BCUT2D eigenvalue weighted by molar-refractivity contribution is -0.136. The summed E-state index contributed by atoms with van der Waals surface area (Å²) in [6.45, 7) is 6.51. The van der Waals surface area contributed by atoms with E-state index in [1.807, 2.05) is 54.8 Å². The van der Waals surface area contributed by atoms with Crippen LogP contribution in [-0.4, -0.2) is 76.7 Å². The summed E-state index contributed by atoms with van der Waals surface area (Å²) in [5.74, 6) is 1.05. The first-order valence-electron chi connectivity index (χ1n) is 10.2. The van der Waals surface area contributed by atoms with Gasteiger partial charge in [0.25, 0.3) is 5.91 Å². The summed E-state index contributed by atoms with van der Waals surface area (Å²) < 4.78 is 5.82. The molecule has 1 fully saturated rings. The molecule has 0 bridgehead atoms. The molecule has 9 heteroatoms. The molecule has 2 unspecified atom stereocenters. The monoisotopic (exact) mass is 413 g/mol. The Morgan fingerprint density at radius 1 is 1.17 bits per heavy atom. The second kappa shape index (κ2) is 7.64. The van der Waals surface area contributed by atoms with Gasteiger partial charge in [-0.1, -0.05) is 12.1 Å². The van der Waals surface area contributed by atoms with Gasteiger partial charge in [-0.3, -0.25) is 19.5 Å². The molecule has 30 heavy (non-hydrogen) atoms. The van der Waals surface area contributed by atoms with E-state index in [9.17, 15) is 9.59 Å². The molecule has 160 valence electrons. The van der Waals surface area contributed by atoms with Crippen molar-refractivity contribution < 1.29 is 19.4 Å². The van der Waals surface area contributed by atoms with Gasteiger partial charge in [0.1, 0.15) is 5.75 Å². The Balaban J connectivity index is 1.75. The van der Waals surface area contributed by atoms with Gasteiger partial charge in [-0.15, -0.1) is 0 Å². The van der Waals surface area contributed by atoms with Crippen molar-refractivity contribution in [2.75, 3.05) is 31.7 Å². The van der Waals surface area contributed by atoms with Crippen molar-refractivity contribution in [3.8, 4) is 5.75 Å². The standard InChI is InChI=1S/C21H27N5O4/c1-5-30-16-10-7-6-9-15(16)25-13(2)14(3)26-17-18(22-20(25)26)23(4)21(29)24(19(17)28)11-8-12-27/h6-7,9-10,17-18,27H,5,8,11-12H2,1-4H3. The molecule has 3 aliphatic heterocycles. The molecule has 4 rings (SSSR count). The molecule has 0 spiro atoms. The van der Waals surface area contributed by atoms with Crippen molar-refractivity contribution >= 4 is 23.6 Å². The van der Waals surface area contributed by atoms with E-state index >= 15 is 0 Å². The van der Waals surface area contributed by atoms with E-state index in [0.29, 0.717) is 19.0 Å². The molecule has 1 saturated heterocycles. The predicted molar refractivity (Wildman–Crippen MR) is 112 cm³/mol. The number of aliphatic imine (C=N–C) groups is 1. The Morgan fingerprint density at radius 3 is 2.60 bits per heavy atom.